The normalized spacial score (nSPS) is 15.9. The van der Waals surface area contributed by atoms with E-state index in [9.17, 15) is 4.79 Å². The van der Waals surface area contributed by atoms with Crippen LogP contribution < -0.4 is 5.32 Å². The van der Waals surface area contributed by atoms with Gasteiger partial charge in [-0.15, -0.1) is 0 Å². The van der Waals surface area contributed by atoms with Crippen LogP contribution in [-0.4, -0.2) is 27.6 Å². The Morgan fingerprint density at radius 2 is 1.60 bits per heavy atom. The van der Waals surface area contributed by atoms with Crippen molar-refractivity contribution in [2.24, 2.45) is 0 Å². The Labute approximate surface area is 205 Å². The maximum Gasteiger partial charge on any atom is 0.322 e. The number of rotatable bonds is 7. The van der Waals surface area contributed by atoms with E-state index in [1.165, 1.54) is 5.56 Å². The van der Waals surface area contributed by atoms with Gasteiger partial charge < -0.3 is 9.84 Å². The third kappa shape index (κ3) is 4.87. The van der Waals surface area contributed by atoms with Gasteiger partial charge in [-0.3, -0.25) is 4.90 Å². The van der Waals surface area contributed by atoms with Crippen LogP contribution in [-0.2, 0) is 6.42 Å². The number of urea groups is 1. The van der Waals surface area contributed by atoms with Gasteiger partial charge in [-0.2, -0.15) is 4.98 Å². The number of allylic oxidation sites excluding steroid dienone is 1. The Morgan fingerprint density at radius 3 is 2.31 bits per heavy atom. The summed E-state index contributed by atoms with van der Waals surface area (Å²) in [5.41, 5.74) is 5.92. The molecule has 0 saturated carbocycles. The van der Waals surface area contributed by atoms with E-state index >= 15 is 0 Å². The average molecular weight is 465 g/mol. The molecule has 3 aromatic carbocycles. The van der Waals surface area contributed by atoms with Crippen LogP contribution in [0.3, 0.4) is 0 Å². The Kier molecular flexibility index (Phi) is 6.44. The molecule has 1 atom stereocenters. The summed E-state index contributed by atoms with van der Waals surface area (Å²) in [7, 11) is 0. The summed E-state index contributed by atoms with van der Waals surface area (Å²) in [6.45, 7) is 4.60. The van der Waals surface area contributed by atoms with Gasteiger partial charge >= 0.3 is 6.03 Å². The van der Waals surface area contributed by atoms with Gasteiger partial charge in [0.05, 0.1) is 11.6 Å². The highest BCUT2D eigenvalue weighted by Gasteiger charge is 2.35. The maximum absolute atomic E-state index is 13.2. The Hall–Kier alpha value is -4.19. The van der Waals surface area contributed by atoms with Crippen molar-refractivity contribution in [2.45, 2.75) is 32.7 Å². The number of carbonyl (C=O) groups is 1. The molecule has 0 radical (unpaired) electrons. The topological polar surface area (TPSA) is 71.3 Å². The lowest BCUT2D eigenvalue weighted by Gasteiger charge is -2.35. The number of benzene rings is 3. The lowest BCUT2D eigenvalue weighted by Crippen LogP contribution is -2.46. The molecule has 5 rings (SSSR count). The predicted octanol–water partition coefficient (Wildman–Crippen LogP) is 6.18. The zero-order valence-corrected chi connectivity index (χ0v) is 19.9. The van der Waals surface area contributed by atoms with Gasteiger partial charge in [0.1, 0.15) is 0 Å². The summed E-state index contributed by atoms with van der Waals surface area (Å²) in [6.07, 6.45) is 1.74. The maximum atomic E-state index is 13.2. The van der Waals surface area contributed by atoms with Crippen molar-refractivity contribution in [2.75, 3.05) is 6.54 Å². The number of amides is 2. The highest BCUT2D eigenvalue weighted by molar-refractivity contribution is 5.86. The summed E-state index contributed by atoms with van der Waals surface area (Å²) in [4.78, 5) is 19.7. The highest BCUT2D eigenvalue weighted by Crippen LogP contribution is 2.37. The second-order valence-electron chi connectivity index (χ2n) is 8.82. The quantitative estimate of drug-likeness (QED) is 0.355. The monoisotopic (exact) mass is 464 g/mol. The molecule has 2 heterocycles. The number of aryl methyl sites for hydroxylation is 2. The molecule has 1 aliphatic heterocycles. The van der Waals surface area contributed by atoms with E-state index in [0.717, 1.165) is 40.8 Å². The Bertz CT molecular complexity index is 1330. The number of carbonyl (C=O) groups excluding carboxylic acids is 1. The summed E-state index contributed by atoms with van der Waals surface area (Å²) in [6, 6.07) is 27.7. The second kappa shape index (κ2) is 9.97. The van der Waals surface area contributed by atoms with E-state index in [1.807, 2.05) is 86.6 Å². The van der Waals surface area contributed by atoms with E-state index in [-0.39, 0.29) is 12.1 Å². The van der Waals surface area contributed by atoms with Crippen LogP contribution in [0.1, 0.15) is 42.0 Å². The fraction of sp³-hybridized carbons (Fsp3) is 0.207. The lowest BCUT2D eigenvalue weighted by atomic mass is 9.94. The summed E-state index contributed by atoms with van der Waals surface area (Å²) >= 11 is 0. The molecule has 1 aromatic heterocycles. The van der Waals surface area contributed by atoms with Gasteiger partial charge in [-0.1, -0.05) is 95.6 Å². The fourth-order valence-electron chi connectivity index (χ4n) is 4.46. The molecule has 1 unspecified atom stereocenters. The van der Waals surface area contributed by atoms with Gasteiger partial charge in [-0.25, -0.2) is 4.79 Å². The Balaban J connectivity index is 1.49. The summed E-state index contributed by atoms with van der Waals surface area (Å²) in [5.74, 6) is 0.941. The number of aromatic nitrogens is 2. The van der Waals surface area contributed by atoms with Crippen molar-refractivity contribution >= 4 is 11.6 Å². The molecule has 4 aromatic rings. The van der Waals surface area contributed by atoms with Gasteiger partial charge in [0.25, 0.3) is 5.89 Å². The van der Waals surface area contributed by atoms with Crippen molar-refractivity contribution in [1.82, 2.24) is 20.4 Å². The largest absolute Gasteiger partial charge is 0.334 e. The van der Waals surface area contributed by atoms with Crippen molar-refractivity contribution in [3.05, 3.63) is 113 Å². The first-order chi connectivity index (χ1) is 17.1. The standard InChI is InChI=1S/C29H28N4O2/c1-20-15-17-23(18-16-20)26-25(28-31-27(32-35-28)24-13-7-4-8-14-24)21(2)33(29(34)30-26)19-9-12-22-10-5-3-6-11-22/h3-8,10-11,13-18,26H,9,12,19H2,1-2H3,(H,30,34). The first-order valence-electron chi connectivity index (χ1n) is 11.9. The minimum atomic E-state index is -0.377. The first-order valence-corrected chi connectivity index (χ1v) is 11.9. The van der Waals surface area contributed by atoms with Gasteiger partial charge in [0.2, 0.25) is 5.82 Å². The fourth-order valence-corrected chi connectivity index (χ4v) is 4.46. The van der Waals surface area contributed by atoms with Crippen LogP contribution in [0, 0.1) is 6.92 Å². The third-order valence-corrected chi connectivity index (χ3v) is 6.39. The van der Waals surface area contributed by atoms with Crippen LogP contribution in [0.15, 0.2) is 95.1 Å². The Morgan fingerprint density at radius 1 is 0.914 bits per heavy atom. The molecular weight excluding hydrogens is 436 g/mol. The van der Waals surface area contributed by atoms with Crippen molar-refractivity contribution < 1.29 is 9.32 Å². The van der Waals surface area contributed by atoms with Crippen molar-refractivity contribution in [3.63, 3.8) is 0 Å². The molecule has 0 spiro atoms. The molecule has 6 nitrogen and oxygen atoms in total. The van der Waals surface area contributed by atoms with Gasteiger partial charge in [0, 0.05) is 17.8 Å². The SMILES string of the molecule is CC1=C(c2nc(-c3ccccc3)no2)C(c2ccc(C)cc2)NC(=O)N1CCCc1ccccc1. The van der Waals surface area contributed by atoms with Crippen LogP contribution in [0.2, 0.25) is 0 Å². The van der Waals surface area contributed by atoms with Crippen LogP contribution in [0.25, 0.3) is 17.0 Å². The molecule has 0 aliphatic carbocycles. The molecule has 0 fully saturated rings. The average Bonchev–Trinajstić information content (AvgIpc) is 3.37. The third-order valence-electron chi connectivity index (χ3n) is 6.39. The van der Waals surface area contributed by atoms with E-state index in [4.69, 9.17) is 9.51 Å². The van der Waals surface area contributed by atoms with Crippen LogP contribution in [0.4, 0.5) is 4.79 Å². The minimum Gasteiger partial charge on any atom is -0.334 e. The zero-order chi connectivity index (χ0) is 24.2. The molecule has 2 amide bonds. The molecule has 176 valence electrons. The number of nitrogens with one attached hydrogen (secondary N) is 1. The van der Waals surface area contributed by atoms with E-state index in [2.05, 4.69) is 22.6 Å². The summed E-state index contributed by atoms with van der Waals surface area (Å²) in [5, 5.41) is 7.41. The van der Waals surface area contributed by atoms with Gasteiger partial charge in [0.15, 0.2) is 0 Å². The molecule has 0 bridgehead atoms. The van der Waals surface area contributed by atoms with Crippen LogP contribution >= 0.6 is 0 Å². The van der Waals surface area contributed by atoms with Crippen LogP contribution in [0.5, 0.6) is 0 Å². The highest BCUT2D eigenvalue weighted by atomic mass is 16.5. The van der Waals surface area contributed by atoms with E-state index in [0.29, 0.717) is 18.3 Å². The molecular formula is C29H28N4O2. The summed E-state index contributed by atoms with van der Waals surface area (Å²) < 4.78 is 5.76. The van der Waals surface area contributed by atoms with Gasteiger partial charge in [-0.05, 0) is 37.8 Å². The number of hydrogen-bond donors (Lipinski definition) is 1. The van der Waals surface area contributed by atoms with Crippen molar-refractivity contribution in [3.8, 4) is 11.4 Å². The predicted molar refractivity (Wildman–Crippen MR) is 136 cm³/mol. The number of nitrogens with zero attached hydrogens (tertiary/aromatic N) is 3. The first kappa shape index (κ1) is 22.6. The van der Waals surface area contributed by atoms with E-state index < -0.39 is 0 Å². The lowest BCUT2D eigenvalue weighted by molar-refractivity contribution is 0.204. The molecule has 0 saturated heterocycles. The molecule has 6 heteroatoms. The number of hydrogen-bond acceptors (Lipinski definition) is 4. The smallest absolute Gasteiger partial charge is 0.322 e. The zero-order valence-electron chi connectivity index (χ0n) is 19.9. The van der Waals surface area contributed by atoms with Crippen molar-refractivity contribution in [1.29, 1.82) is 0 Å². The minimum absolute atomic E-state index is 0.118. The van der Waals surface area contributed by atoms with E-state index in [1.54, 1.807) is 4.90 Å². The second-order valence-corrected chi connectivity index (χ2v) is 8.82. The molecule has 35 heavy (non-hydrogen) atoms. The molecule has 1 aliphatic rings. The molecule has 1 N–H and O–H groups in total.